The largest absolute Gasteiger partial charge is 0.383 e. The molecular formula is C13H15IN4. The predicted octanol–water partition coefficient (Wildman–Crippen LogP) is 2.90. The van der Waals surface area contributed by atoms with E-state index in [1.54, 1.807) is 0 Å². The standard InChI is InChI=1S/C13H15IN4/c1-4-10-11(14)12(15)18-13(17-10)9-5-7(2)16-8(3)6-9/h5-6H,4H2,1-3H3,(H2,15,17,18). The van der Waals surface area contributed by atoms with Gasteiger partial charge < -0.3 is 5.73 Å². The second kappa shape index (κ2) is 5.17. The van der Waals surface area contributed by atoms with E-state index >= 15 is 0 Å². The maximum Gasteiger partial charge on any atom is 0.161 e. The molecule has 18 heavy (non-hydrogen) atoms. The zero-order valence-electron chi connectivity index (χ0n) is 10.7. The third-order valence-electron chi connectivity index (χ3n) is 2.62. The lowest BCUT2D eigenvalue weighted by Crippen LogP contribution is -2.04. The van der Waals surface area contributed by atoms with E-state index in [1.807, 2.05) is 26.0 Å². The van der Waals surface area contributed by atoms with Crippen LogP contribution in [0.3, 0.4) is 0 Å². The van der Waals surface area contributed by atoms with Crippen molar-refractivity contribution in [2.45, 2.75) is 27.2 Å². The Morgan fingerprint density at radius 2 is 1.72 bits per heavy atom. The lowest BCUT2D eigenvalue weighted by Gasteiger charge is -2.08. The van der Waals surface area contributed by atoms with Crippen molar-refractivity contribution in [3.63, 3.8) is 0 Å². The molecule has 94 valence electrons. The van der Waals surface area contributed by atoms with Crippen LogP contribution in [0.15, 0.2) is 12.1 Å². The Hall–Kier alpha value is -1.24. The first-order chi connectivity index (χ1) is 8.51. The van der Waals surface area contributed by atoms with E-state index in [9.17, 15) is 0 Å². The maximum atomic E-state index is 5.94. The summed E-state index contributed by atoms with van der Waals surface area (Å²) in [5, 5.41) is 0. The number of anilines is 1. The molecule has 2 aromatic heterocycles. The molecule has 5 heteroatoms. The molecule has 2 N–H and O–H groups in total. The molecule has 2 rings (SSSR count). The van der Waals surface area contributed by atoms with E-state index in [1.165, 1.54) is 0 Å². The molecule has 0 bridgehead atoms. The third kappa shape index (κ3) is 2.60. The number of aryl methyl sites for hydroxylation is 3. The van der Waals surface area contributed by atoms with E-state index in [0.29, 0.717) is 11.6 Å². The number of aromatic nitrogens is 3. The van der Waals surface area contributed by atoms with Crippen molar-refractivity contribution in [3.8, 4) is 11.4 Å². The average molecular weight is 354 g/mol. The van der Waals surface area contributed by atoms with Crippen LogP contribution in [-0.4, -0.2) is 15.0 Å². The number of rotatable bonds is 2. The summed E-state index contributed by atoms with van der Waals surface area (Å²) in [6.07, 6.45) is 0.848. The van der Waals surface area contributed by atoms with Crippen LogP contribution in [0.4, 0.5) is 5.82 Å². The Morgan fingerprint density at radius 3 is 2.28 bits per heavy atom. The van der Waals surface area contributed by atoms with Gasteiger partial charge in [-0.15, -0.1) is 0 Å². The summed E-state index contributed by atoms with van der Waals surface area (Å²) in [5.74, 6) is 1.22. The number of hydrogen-bond donors (Lipinski definition) is 1. The quantitative estimate of drug-likeness (QED) is 0.843. The first-order valence-electron chi connectivity index (χ1n) is 5.78. The summed E-state index contributed by atoms with van der Waals surface area (Å²) in [4.78, 5) is 13.3. The fraction of sp³-hybridized carbons (Fsp3) is 0.308. The maximum absolute atomic E-state index is 5.94. The molecule has 0 saturated carbocycles. The number of halogens is 1. The number of nitrogen functional groups attached to an aromatic ring is 1. The Kier molecular flexibility index (Phi) is 3.79. The highest BCUT2D eigenvalue weighted by atomic mass is 127. The van der Waals surface area contributed by atoms with Crippen molar-refractivity contribution in [2.75, 3.05) is 5.73 Å². The van der Waals surface area contributed by atoms with Crippen LogP contribution in [0.25, 0.3) is 11.4 Å². The monoisotopic (exact) mass is 354 g/mol. The molecular weight excluding hydrogens is 339 g/mol. The molecule has 0 amide bonds. The minimum absolute atomic E-state index is 0.546. The topological polar surface area (TPSA) is 64.7 Å². The molecule has 0 unspecified atom stereocenters. The second-order valence-electron chi connectivity index (χ2n) is 4.19. The summed E-state index contributed by atoms with van der Waals surface area (Å²) in [6.45, 7) is 6.00. The molecule has 0 aliphatic rings. The van der Waals surface area contributed by atoms with E-state index in [-0.39, 0.29) is 0 Å². The Morgan fingerprint density at radius 1 is 1.11 bits per heavy atom. The molecule has 0 saturated heterocycles. The molecule has 0 aliphatic carbocycles. The highest BCUT2D eigenvalue weighted by molar-refractivity contribution is 14.1. The van der Waals surface area contributed by atoms with Crippen LogP contribution < -0.4 is 5.73 Å². The van der Waals surface area contributed by atoms with Crippen molar-refractivity contribution in [3.05, 3.63) is 32.8 Å². The van der Waals surface area contributed by atoms with Crippen LogP contribution in [0, 0.1) is 17.4 Å². The number of hydrogen-bond acceptors (Lipinski definition) is 4. The fourth-order valence-corrected chi connectivity index (χ4v) is 2.46. The van der Waals surface area contributed by atoms with Gasteiger partial charge in [0.15, 0.2) is 5.82 Å². The van der Waals surface area contributed by atoms with Crippen molar-refractivity contribution < 1.29 is 0 Å². The summed E-state index contributed by atoms with van der Waals surface area (Å²) in [5.41, 5.74) is 9.82. The van der Waals surface area contributed by atoms with Gasteiger partial charge in [-0.05, 0) is 55.0 Å². The normalized spacial score (nSPS) is 10.7. The van der Waals surface area contributed by atoms with Crippen LogP contribution in [-0.2, 0) is 6.42 Å². The lowest BCUT2D eigenvalue weighted by atomic mass is 10.2. The van der Waals surface area contributed by atoms with Crippen molar-refractivity contribution in [1.82, 2.24) is 15.0 Å². The van der Waals surface area contributed by atoms with E-state index in [4.69, 9.17) is 5.73 Å². The highest BCUT2D eigenvalue weighted by Gasteiger charge is 2.11. The van der Waals surface area contributed by atoms with Crippen molar-refractivity contribution in [1.29, 1.82) is 0 Å². The predicted molar refractivity (Wildman–Crippen MR) is 81.2 cm³/mol. The molecule has 0 fully saturated rings. The van der Waals surface area contributed by atoms with E-state index in [2.05, 4.69) is 44.5 Å². The molecule has 0 aromatic carbocycles. The van der Waals surface area contributed by atoms with Gasteiger partial charge in [-0.3, -0.25) is 4.98 Å². The van der Waals surface area contributed by atoms with Gasteiger partial charge in [0.05, 0.1) is 9.26 Å². The van der Waals surface area contributed by atoms with Gasteiger partial charge >= 0.3 is 0 Å². The Labute approximate surface area is 120 Å². The van der Waals surface area contributed by atoms with Gasteiger partial charge in [0.1, 0.15) is 5.82 Å². The number of pyridine rings is 1. The first kappa shape index (κ1) is 13.2. The number of nitrogens with zero attached hydrogens (tertiary/aromatic N) is 3. The van der Waals surface area contributed by atoms with Crippen LogP contribution >= 0.6 is 22.6 Å². The van der Waals surface area contributed by atoms with Gasteiger partial charge in [0.25, 0.3) is 0 Å². The zero-order valence-corrected chi connectivity index (χ0v) is 12.8. The van der Waals surface area contributed by atoms with Gasteiger partial charge in [-0.1, -0.05) is 6.92 Å². The minimum Gasteiger partial charge on any atom is -0.383 e. The lowest BCUT2D eigenvalue weighted by molar-refractivity contribution is 0.991. The molecule has 2 heterocycles. The summed E-state index contributed by atoms with van der Waals surface area (Å²) in [7, 11) is 0. The summed E-state index contributed by atoms with van der Waals surface area (Å²) >= 11 is 2.19. The van der Waals surface area contributed by atoms with Crippen molar-refractivity contribution in [2.24, 2.45) is 0 Å². The van der Waals surface area contributed by atoms with E-state index in [0.717, 1.165) is 32.6 Å². The van der Waals surface area contributed by atoms with Gasteiger partial charge in [-0.2, -0.15) is 0 Å². The van der Waals surface area contributed by atoms with Gasteiger partial charge in [0.2, 0.25) is 0 Å². The minimum atomic E-state index is 0.546. The SMILES string of the molecule is CCc1nc(-c2cc(C)nc(C)c2)nc(N)c1I. The molecule has 0 radical (unpaired) electrons. The number of nitrogens with two attached hydrogens (primary N) is 1. The summed E-state index contributed by atoms with van der Waals surface area (Å²) in [6, 6.07) is 3.96. The van der Waals surface area contributed by atoms with Crippen LogP contribution in [0.1, 0.15) is 24.0 Å². The van der Waals surface area contributed by atoms with Gasteiger partial charge in [-0.25, -0.2) is 9.97 Å². The Balaban J connectivity index is 2.60. The average Bonchev–Trinajstić information content (AvgIpc) is 2.31. The molecule has 0 aliphatic heterocycles. The molecule has 2 aromatic rings. The van der Waals surface area contributed by atoms with E-state index < -0.39 is 0 Å². The third-order valence-corrected chi connectivity index (χ3v) is 3.80. The first-order valence-corrected chi connectivity index (χ1v) is 6.86. The molecule has 4 nitrogen and oxygen atoms in total. The molecule has 0 spiro atoms. The zero-order chi connectivity index (χ0) is 13.3. The van der Waals surface area contributed by atoms with Crippen LogP contribution in [0.5, 0.6) is 0 Å². The summed E-state index contributed by atoms with van der Waals surface area (Å²) < 4.78 is 0.946. The smallest absolute Gasteiger partial charge is 0.161 e. The van der Waals surface area contributed by atoms with Crippen molar-refractivity contribution >= 4 is 28.4 Å². The van der Waals surface area contributed by atoms with Crippen LogP contribution in [0.2, 0.25) is 0 Å². The molecule has 0 atom stereocenters. The second-order valence-corrected chi connectivity index (χ2v) is 5.26. The highest BCUT2D eigenvalue weighted by Crippen LogP contribution is 2.23. The van der Waals surface area contributed by atoms with Gasteiger partial charge in [0, 0.05) is 17.0 Å². The Bertz CT molecular complexity index is 576. The fourth-order valence-electron chi connectivity index (χ4n) is 1.84.